The average molecular weight is 350 g/mol. The highest BCUT2D eigenvalue weighted by Gasteiger charge is 2.14. The van der Waals surface area contributed by atoms with Crippen LogP contribution in [0.4, 0.5) is 10.1 Å². The Morgan fingerprint density at radius 1 is 1.13 bits per heavy atom. The number of benzene rings is 2. The van der Waals surface area contributed by atoms with E-state index in [2.05, 4.69) is 15.5 Å². The molecule has 0 bridgehead atoms. The molecule has 0 spiro atoms. The summed E-state index contributed by atoms with van der Waals surface area (Å²) in [4.78, 5) is 12.2. The van der Waals surface area contributed by atoms with E-state index in [1.54, 1.807) is 36.4 Å². The minimum Gasteiger partial charge on any atom is -0.318 e. The normalized spacial score (nSPS) is 10.6. The van der Waals surface area contributed by atoms with Crippen LogP contribution in [0, 0.1) is 5.82 Å². The van der Waals surface area contributed by atoms with Crippen molar-refractivity contribution in [3.63, 3.8) is 0 Å². The van der Waals surface area contributed by atoms with Gasteiger partial charge in [0.15, 0.2) is 5.82 Å². The standard InChI is InChI=1S/C16H10Cl2FN3O/c17-10-6-4-9(5-7-10)13-8-14(22-21-13)16(23)20-12-3-1-2-11(18)15(12)19/h1-8H,(H,20,23)(H,21,22). The second-order valence-corrected chi connectivity index (χ2v) is 5.57. The number of nitrogens with zero attached hydrogens (tertiary/aromatic N) is 1. The number of anilines is 1. The second kappa shape index (κ2) is 6.40. The lowest BCUT2D eigenvalue weighted by atomic mass is 10.1. The van der Waals surface area contributed by atoms with Crippen LogP contribution in [-0.2, 0) is 0 Å². The van der Waals surface area contributed by atoms with Gasteiger partial charge in [-0.25, -0.2) is 4.39 Å². The zero-order valence-corrected chi connectivity index (χ0v) is 13.1. The molecule has 0 unspecified atom stereocenters. The molecule has 0 saturated carbocycles. The van der Waals surface area contributed by atoms with Crippen LogP contribution in [0.5, 0.6) is 0 Å². The van der Waals surface area contributed by atoms with Crippen molar-refractivity contribution in [1.29, 1.82) is 0 Å². The maximum absolute atomic E-state index is 13.8. The Hall–Kier alpha value is -2.37. The molecule has 7 heteroatoms. The number of carbonyl (C=O) groups is 1. The summed E-state index contributed by atoms with van der Waals surface area (Å²) in [5, 5.41) is 9.69. The van der Waals surface area contributed by atoms with Crippen LogP contribution in [0.2, 0.25) is 10.0 Å². The molecule has 0 atom stereocenters. The van der Waals surface area contributed by atoms with Crippen molar-refractivity contribution in [2.75, 3.05) is 5.32 Å². The number of rotatable bonds is 3. The summed E-state index contributed by atoms with van der Waals surface area (Å²) in [7, 11) is 0. The van der Waals surface area contributed by atoms with Gasteiger partial charge in [0.1, 0.15) is 5.69 Å². The summed E-state index contributed by atoms with van der Waals surface area (Å²) in [6.45, 7) is 0. The van der Waals surface area contributed by atoms with Gasteiger partial charge in [-0.05, 0) is 30.3 Å². The first-order valence-corrected chi connectivity index (χ1v) is 7.37. The fourth-order valence-corrected chi connectivity index (χ4v) is 2.30. The monoisotopic (exact) mass is 349 g/mol. The molecule has 0 aliphatic heterocycles. The van der Waals surface area contributed by atoms with Crippen molar-refractivity contribution in [1.82, 2.24) is 10.2 Å². The predicted molar refractivity (Wildman–Crippen MR) is 88.4 cm³/mol. The van der Waals surface area contributed by atoms with E-state index < -0.39 is 11.7 Å². The Kier molecular flexibility index (Phi) is 4.32. The zero-order chi connectivity index (χ0) is 16.4. The molecule has 3 rings (SSSR count). The number of nitrogens with one attached hydrogen (secondary N) is 2. The molecule has 0 aliphatic rings. The molecule has 0 aliphatic carbocycles. The Labute approximate surface area is 141 Å². The third-order valence-corrected chi connectivity index (χ3v) is 3.71. The lowest BCUT2D eigenvalue weighted by molar-refractivity contribution is 0.102. The number of hydrogen-bond donors (Lipinski definition) is 2. The topological polar surface area (TPSA) is 57.8 Å². The minimum absolute atomic E-state index is 0.00476. The number of H-pyrrole nitrogens is 1. The van der Waals surface area contributed by atoms with Gasteiger partial charge < -0.3 is 5.32 Å². The third-order valence-electron chi connectivity index (χ3n) is 3.16. The van der Waals surface area contributed by atoms with Gasteiger partial charge in [0.25, 0.3) is 5.91 Å². The number of amides is 1. The number of halogens is 3. The molecule has 1 aromatic heterocycles. The zero-order valence-electron chi connectivity index (χ0n) is 11.6. The predicted octanol–water partition coefficient (Wildman–Crippen LogP) is 4.77. The van der Waals surface area contributed by atoms with Gasteiger partial charge in [-0.1, -0.05) is 41.4 Å². The molecule has 0 fully saturated rings. The lowest BCUT2D eigenvalue weighted by Gasteiger charge is -2.05. The highest BCUT2D eigenvalue weighted by molar-refractivity contribution is 6.31. The van der Waals surface area contributed by atoms with Gasteiger partial charge in [0.05, 0.1) is 16.4 Å². The molecule has 2 N–H and O–H groups in total. The largest absolute Gasteiger partial charge is 0.318 e. The smallest absolute Gasteiger partial charge is 0.273 e. The Balaban J connectivity index is 1.81. The van der Waals surface area contributed by atoms with Crippen LogP contribution in [0.1, 0.15) is 10.5 Å². The van der Waals surface area contributed by atoms with Crippen molar-refractivity contribution in [2.24, 2.45) is 0 Å². The van der Waals surface area contributed by atoms with E-state index in [9.17, 15) is 9.18 Å². The summed E-state index contributed by atoms with van der Waals surface area (Å²) in [5.74, 6) is -1.20. The van der Waals surface area contributed by atoms with E-state index in [4.69, 9.17) is 23.2 Å². The van der Waals surface area contributed by atoms with Gasteiger partial charge in [0.2, 0.25) is 0 Å². The molecule has 0 saturated heterocycles. The molecule has 3 aromatic rings. The molecular formula is C16H10Cl2FN3O. The molecule has 4 nitrogen and oxygen atoms in total. The number of carbonyl (C=O) groups excluding carboxylic acids is 1. The van der Waals surface area contributed by atoms with Crippen LogP contribution in [0.3, 0.4) is 0 Å². The molecular weight excluding hydrogens is 340 g/mol. The third kappa shape index (κ3) is 3.36. The highest BCUT2D eigenvalue weighted by atomic mass is 35.5. The molecule has 0 radical (unpaired) electrons. The SMILES string of the molecule is O=C(Nc1cccc(Cl)c1F)c1cc(-c2ccc(Cl)cc2)n[nH]1. The first-order chi connectivity index (χ1) is 11.0. The summed E-state index contributed by atoms with van der Waals surface area (Å²) in [6.07, 6.45) is 0. The highest BCUT2D eigenvalue weighted by Crippen LogP contribution is 2.23. The summed E-state index contributed by atoms with van der Waals surface area (Å²) in [6, 6.07) is 13.0. The maximum Gasteiger partial charge on any atom is 0.273 e. The van der Waals surface area contributed by atoms with Crippen molar-refractivity contribution in [2.45, 2.75) is 0 Å². The van der Waals surface area contributed by atoms with Crippen LogP contribution in [-0.4, -0.2) is 16.1 Å². The number of hydrogen-bond acceptors (Lipinski definition) is 2. The molecule has 2 aromatic carbocycles. The summed E-state index contributed by atoms with van der Waals surface area (Å²) >= 11 is 11.5. The van der Waals surface area contributed by atoms with Gasteiger partial charge in [-0.2, -0.15) is 5.10 Å². The fourth-order valence-electron chi connectivity index (χ4n) is 2.00. The maximum atomic E-state index is 13.8. The van der Waals surface area contributed by atoms with Crippen molar-refractivity contribution < 1.29 is 9.18 Å². The van der Waals surface area contributed by atoms with Crippen molar-refractivity contribution in [3.05, 3.63) is 70.1 Å². The number of aromatic nitrogens is 2. The average Bonchev–Trinajstić information content (AvgIpc) is 3.02. The first kappa shape index (κ1) is 15.5. The van der Waals surface area contributed by atoms with Crippen LogP contribution in [0.15, 0.2) is 48.5 Å². The van der Waals surface area contributed by atoms with E-state index in [0.29, 0.717) is 10.7 Å². The van der Waals surface area contributed by atoms with E-state index in [1.807, 2.05) is 0 Å². The fraction of sp³-hybridized carbons (Fsp3) is 0. The number of aromatic amines is 1. The molecule has 1 amide bonds. The van der Waals surface area contributed by atoms with Gasteiger partial charge in [-0.3, -0.25) is 9.89 Å². The first-order valence-electron chi connectivity index (χ1n) is 6.61. The summed E-state index contributed by atoms with van der Waals surface area (Å²) < 4.78 is 13.8. The molecule has 1 heterocycles. The van der Waals surface area contributed by atoms with Crippen molar-refractivity contribution in [3.8, 4) is 11.3 Å². The molecule has 23 heavy (non-hydrogen) atoms. The summed E-state index contributed by atoms with van der Waals surface area (Å²) in [5.41, 5.74) is 1.59. The Morgan fingerprint density at radius 3 is 2.61 bits per heavy atom. The van der Waals surface area contributed by atoms with E-state index in [1.165, 1.54) is 12.1 Å². The van der Waals surface area contributed by atoms with E-state index in [-0.39, 0.29) is 16.4 Å². The minimum atomic E-state index is -0.681. The quantitative estimate of drug-likeness (QED) is 0.715. The Morgan fingerprint density at radius 2 is 1.87 bits per heavy atom. The second-order valence-electron chi connectivity index (χ2n) is 4.73. The van der Waals surface area contributed by atoms with Crippen molar-refractivity contribution >= 4 is 34.8 Å². The Bertz CT molecular complexity index is 862. The molecule has 116 valence electrons. The van der Waals surface area contributed by atoms with Gasteiger partial charge in [-0.15, -0.1) is 0 Å². The lowest BCUT2D eigenvalue weighted by Crippen LogP contribution is -2.13. The van der Waals surface area contributed by atoms with E-state index >= 15 is 0 Å². The van der Waals surface area contributed by atoms with Gasteiger partial charge in [0, 0.05) is 10.6 Å². The van der Waals surface area contributed by atoms with Gasteiger partial charge >= 0.3 is 0 Å². The van der Waals surface area contributed by atoms with E-state index in [0.717, 1.165) is 5.56 Å². The van der Waals surface area contributed by atoms with Crippen LogP contribution < -0.4 is 5.32 Å². The van der Waals surface area contributed by atoms with Crippen LogP contribution in [0.25, 0.3) is 11.3 Å². The van der Waals surface area contributed by atoms with Crippen LogP contribution >= 0.6 is 23.2 Å².